The van der Waals surface area contributed by atoms with Crippen LogP contribution in [0.3, 0.4) is 0 Å². The number of carbonyl (C=O) groups excluding carboxylic acids is 1. The normalized spacial score (nSPS) is 10.9. The number of nitrogens with zero attached hydrogens (tertiary/aromatic N) is 2. The summed E-state index contributed by atoms with van der Waals surface area (Å²) in [7, 11) is 1.67. The maximum absolute atomic E-state index is 11.5. The quantitative estimate of drug-likeness (QED) is 0.402. The van der Waals surface area contributed by atoms with Crippen molar-refractivity contribution >= 4 is 17.0 Å². The molecule has 0 bridgehead atoms. The summed E-state index contributed by atoms with van der Waals surface area (Å²) in [5, 5.41) is 0. The van der Waals surface area contributed by atoms with Gasteiger partial charge in [0.2, 0.25) is 0 Å². The predicted molar refractivity (Wildman–Crippen MR) is 107 cm³/mol. The number of imidazole rings is 1. The Balaban J connectivity index is 1.73. The van der Waals surface area contributed by atoms with Crippen molar-refractivity contribution in [2.45, 2.75) is 39.2 Å². The number of aromatic nitrogens is 2. The van der Waals surface area contributed by atoms with Crippen LogP contribution in [0.2, 0.25) is 0 Å². The number of ether oxygens (including phenoxy) is 2. The van der Waals surface area contributed by atoms with Crippen molar-refractivity contribution in [3.63, 3.8) is 0 Å². The maximum atomic E-state index is 11.5. The molecule has 0 N–H and O–H groups in total. The van der Waals surface area contributed by atoms with Crippen molar-refractivity contribution in [3.05, 3.63) is 48.5 Å². The molecule has 3 rings (SSSR count). The molecule has 0 spiro atoms. The summed E-state index contributed by atoms with van der Waals surface area (Å²) in [6.45, 7) is 3.15. The van der Waals surface area contributed by atoms with Gasteiger partial charge in [-0.3, -0.25) is 4.79 Å². The van der Waals surface area contributed by atoms with Gasteiger partial charge in [-0.05, 0) is 56.2 Å². The van der Waals surface area contributed by atoms with Gasteiger partial charge in [-0.2, -0.15) is 0 Å². The van der Waals surface area contributed by atoms with Gasteiger partial charge in [-0.15, -0.1) is 0 Å². The molecule has 0 saturated carbocycles. The zero-order valence-electron chi connectivity index (χ0n) is 16.0. The molecule has 2 aromatic carbocycles. The number of carbonyl (C=O) groups is 1. The summed E-state index contributed by atoms with van der Waals surface area (Å²) >= 11 is 0. The molecule has 0 fully saturated rings. The second kappa shape index (κ2) is 9.21. The number of para-hydroxylation sites is 2. The van der Waals surface area contributed by atoms with Gasteiger partial charge in [0, 0.05) is 18.5 Å². The monoisotopic (exact) mass is 366 g/mol. The second-order valence-electron chi connectivity index (χ2n) is 6.42. The van der Waals surface area contributed by atoms with Crippen LogP contribution in [0.1, 0.15) is 32.6 Å². The number of methoxy groups -OCH3 is 1. The largest absolute Gasteiger partial charge is 0.497 e. The van der Waals surface area contributed by atoms with E-state index in [1.165, 1.54) is 0 Å². The van der Waals surface area contributed by atoms with Gasteiger partial charge in [0.1, 0.15) is 11.6 Å². The highest BCUT2D eigenvalue weighted by molar-refractivity contribution is 5.80. The number of unbranched alkanes of at least 4 members (excludes halogenated alkanes) is 2. The third-order valence-electron chi connectivity index (χ3n) is 4.57. The Hall–Kier alpha value is -2.82. The Morgan fingerprint density at radius 3 is 2.56 bits per heavy atom. The van der Waals surface area contributed by atoms with Crippen LogP contribution in [-0.4, -0.2) is 29.2 Å². The van der Waals surface area contributed by atoms with Crippen LogP contribution in [-0.2, 0) is 16.1 Å². The first-order valence-electron chi connectivity index (χ1n) is 9.48. The number of benzene rings is 2. The molecule has 0 saturated heterocycles. The van der Waals surface area contributed by atoms with Crippen molar-refractivity contribution in [1.29, 1.82) is 0 Å². The molecule has 3 aromatic rings. The molecule has 0 aliphatic rings. The Labute approximate surface area is 159 Å². The SMILES string of the molecule is CCOC(=O)CCCCCn1c(-c2ccc(OC)cc2)nc2ccccc21. The lowest BCUT2D eigenvalue weighted by Crippen LogP contribution is -2.04. The summed E-state index contributed by atoms with van der Waals surface area (Å²) in [6, 6.07) is 16.2. The summed E-state index contributed by atoms with van der Waals surface area (Å²) in [4.78, 5) is 16.3. The van der Waals surface area contributed by atoms with Crippen LogP contribution in [0, 0.1) is 0 Å². The minimum atomic E-state index is -0.107. The lowest BCUT2D eigenvalue weighted by Gasteiger charge is -2.10. The number of hydrogen-bond acceptors (Lipinski definition) is 4. The molecular formula is C22H26N2O3. The van der Waals surface area contributed by atoms with Crippen LogP contribution < -0.4 is 4.74 Å². The van der Waals surface area contributed by atoms with E-state index in [0.717, 1.165) is 54.0 Å². The standard InChI is InChI=1S/C22H26N2O3/c1-3-27-21(25)11-5-4-8-16-24-20-10-7-6-9-19(20)23-22(24)17-12-14-18(26-2)15-13-17/h6-7,9-10,12-15H,3-5,8,11,16H2,1-2H3. The number of fused-ring (bicyclic) bond motifs is 1. The highest BCUT2D eigenvalue weighted by atomic mass is 16.5. The van der Waals surface area contributed by atoms with Gasteiger partial charge in [0.15, 0.2) is 0 Å². The highest BCUT2D eigenvalue weighted by Crippen LogP contribution is 2.27. The van der Waals surface area contributed by atoms with Crippen LogP contribution >= 0.6 is 0 Å². The van der Waals surface area contributed by atoms with Gasteiger partial charge in [0.25, 0.3) is 0 Å². The summed E-state index contributed by atoms with van der Waals surface area (Å²) in [5.41, 5.74) is 3.20. The molecule has 0 atom stereocenters. The topological polar surface area (TPSA) is 53.4 Å². The van der Waals surface area contributed by atoms with E-state index >= 15 is 0 Å². The first-order valence-corrected chi connectivity index (χ1v) is 9.48. The van der Waals surface area contributed by atoms with E-state index in [2.05, 4.69) is 10.6 Å². The van der Waals surface area contributed by atoms with Crippen molar-refractivity contribution < 1.29 is 14.3 Å². The molecule has 5 heteroatoms. The number of rotatable bonds is 9. The maximum Gasteiger partial charge on any atom is 0.305 e. The molecule has 0 radical (unpaired) electrons. The van der Waals surface area contributed by atoms with E-state index in [-0.39, 0.29) is 5.97 Å². The fourth-order valence-corrected chi connectivity index (χ4v) is 3.21. The van der Waals surface area contributed by atoms with E-state index < -0.39 is 0 Å². The third kappa shape index (κ3) is 4.67. The van der Waals surface area contributed by atoms with Crippen molar-refractivity contribution in [1.82, 2.24) is 9.55 Å². The Kier molecular flexibility index (Phi) is 6.47. The van der Waals surface area contributed by atoms with Crippen molar-refractivity contribution in [2.24, 2.45) is 0 Å². The van der Waals surface area contributed by atoms with Crippen LogP contribution in [0.25, 0.3) is 22.4 Å². The van der Waals surface area contributed by atoms with E-state index in [0.29, 0.717) is 13.0 Å². The summed E-state index contributed by atoms with van der Waals surface area (Å²) in [5.74, 6) is 1.69. The zero-order valence-corrected chi connectivity index (χ0v) is 16.0. The molecule has 0 aliphatic heterocycles. The summed E-state index contributed by atoms with van der Waals surface area (Å²) in [6.07, 6.45) is 3.31. The van der Waals surface area contributed by atoms with Gasteiger partial charge < -0.3 is 14.0 Å². The van der Waals surface area contributed by atoms with Crippen LogP contribution in [0.4, 0.5) is 0 Å². The van der Waals surface area contributed by atoms with Crippen molar-refractivity contribution in [2.75, 3.05) is 13.7 Å². The van der Waals surface area contributed by atoms with Crippen molar-refractivity contribution in [3.8, 4) is 17.1 Å². The molecule has 1 aromatic heterocycles. The van der Waals surface area contributed by atoms with Gasteiger partial charge in [-0.1, -0.05) is 18.6 Å². The lowest BCUT2D eigenvalue weighted by atomic mass is 10.1. The van der Waals surface area contributed by atoms with Gasteiger partial charge >= 0.3 is 5.97 Å². The molecule has 1 heterocycles. The smallest absolute Gasteiger partial charge is 0.305 e. The Bertz CT molecular complexity index is 884. The van der Waals surface area contributed by atoms with Crippen LogP contribution in [0.5, 0.6) is 5.75 Å². The van der Waals surface area contributed by atoms with Gasteiger partial charge in [0.05, 0.1) is 24.8 Å². The minimum absolute atomic E-state index is 0.107. The first kappa shape index (κ1) is 19.0. The Morgan fingerprint density at radius 2 is 1.81 bits per heavy atom. The minimum Gasteiger partial charge on any atom is -0.497 e. The predicted octanol–water partition coefficient (Wildman–Crippen LogP) is 4.84. The molecule has 0 aliphatic carbocycles. The average Bonchev–Trinajstić information content (AvgIpc) is 3.07. The molecule has 5 nitrogen and oxygen atoms in total. The number of hydrogen-bond donors (Lipinski definition) is 0. The highest BCUT2D eigenvalue weighted by Gasteiger charge is 2.12. The average molecular weight is 366 g/mol. The molecule has 142 valence electrons. The number of aryl methyl sites for hydroxylation is 1. The second-order valence-corrected chi connectivity index (χ2v) is 6.42. The molecule has 0 unspecified atom stereocenters. The fraction of sp³-hybridized carbons (Fsp3) is 0.364. The van der Waals surface area contributed by atoms with E-state index in [1.807, 2.05) is 49.4 Å². The van der Waals surface area contributed by atoms with Gasteiger partial charge in [-0.25, -0.2) is 4.98 Å². The molecule has 0 amide bonds. The van der Waals surface area contributed by atoms with E-state index in [9.17, 15) is 4.79 Å². The zero-order chi connectivity index (χ0) is 19.1. The van der Waals surface area contributed by atoms with E-state index in [4.69, 9.17) is 14.5 Å². The summed E-state index contributed by atoms with van der Waals surface area (Å²) < 4.78 is 12.5. The first-order chi connectivity index (χ1) is 13.2. The van der Waals surface area contributed by atoms with E-state index in [1.54, 1.807) is 7.11 Å². The fourth-order valence-electron chi connectivity index (χ4n) is 3.21. The number of esters is 1. The molecule has 27 heavy (non-hydrogen) atoms. The molecular weight excluding hydrogens is 340 g/mol. The third-order valence-corrected chi connectivity index (χ3v) is 4.57. The van der Waals surface area contributed by atoms with Crippen LogP contribution in [0.15, 0.2) is 48.5 Å². The Morgan fingerprint density at radius 1 is 1.04 bits per heavy atom. The lowest BCUT2D eigenvalue weighted by molar-refractivity contribution is -0.143.